The van der Waals surface area contributed by atoms with Crippen LogP contribution in [0.3, 0.4) is 0 Å². The molecule has 0 aliphatic carbocycles. The minimum atomic E-state index is 0.756. The van der Waals surface area contributed by atoms with Crippen molar-refractivity contribution in [2.24, 2.45) is 5.92 Å². The van der Waals surface area contributed by atoms with Crippen molar-refractivity contribution in [3.8, 4) is 0 Å². The highest BCUT2D eigenvalue weighted by molar-refractivity contribution is 5.31. The zero-order valence-corrected chi connectivity index (χ0v) is 9.22. The molecule has 0 aromatic heterocycles. The third-order valence-corrected chi connectivity index (χ3v) is 2.43. The molecular weight excluding hydrogens is 156 g/mol. The molecule has 0 atom stereocenters. The zero-order chi connectivity index (χ0) is 9.84. The molecule has 0 saturated carbocycles. The van der Waals surface area contributed by atoms with E-state index in [1.54, 1.807) is 0 Å². The van der Waals surface area contributed by atoms with Crippen LogP contribution in [0.4, 0.5) is 0 Å². The van der Waals surface area contributed by atoms with Gasteiger partial charge >= 0.3 is 0 Å². The molecule has 72 valence electrons. The monoisotopic (exact) mass is 176 g/mol. The lowest BCUT2D eigenvalue weighted by molar-refractivity contribution is 0.647. The van der Waals surface area contributed by atoms with Crippen LogP contribution in [-0.2, 0) is 12.8 Å². The Bertz CT molecular complexity index is 271. The molecule has 0 spiro atoms. The molecule has 0 unspecified atom stereocenters. The van der Waals surface area contributed by atoms with E-state index in [4.69, 9.17) is 0 Å². The predicted octanol–water partition coefficient (Wildman–Crippen LogP) is 3.76. The summed E-state index contributed by atoms with van der Waals surface area (Å²) in [5, 5.41) is 0. The van der Waals surface area contributed by atoms with Crippen molar-refractivity contribution in [2.75, 3.05) is 0 Å². The van der Waals surface area contributed by atoms with Gasteiger partial charge in [-0.3, -0.25) is 0 Å². The van der Waals surface area contributed by atoms with E-state index in [-0.39, 0.29) is 0 Å². The van der Waals surface area contributed by atoms with Gasteiger partial charge in [-0.1, -0.05) is 39.0 Å². The van der Waals surface area contributed by atoms with Crippen LogP contribution in [0.25, 0.3) is 0 Å². The Hall–Kier alpha value is -0.780. The van der Waals surface area contributed by atoms with Gasteiger partial charge in [0.2, 0.25) is 0 Å². The van der Waals surface area contributed by atoms with Crippen LogP contribution in [0.5, 0.6) is 0 Å². The van der Waals surface area contributed by atoms with Crippen LogP contribution in [-0.4, -0.2) is 0 Å². The van der Waals surface area contributed by atoms with Crippen molar-refractivity contribution in [3.05, 3.63) is 34.9 Å². The predicted molar refractivity (Wildman–Crippen MR) is 59.1 cm³/mol. The number of hydrogen-bond donors (Lipinski definition) is 0. The molecular formula is C13H20. The van der Waals surface area contributed by atoms with Gasteiger partial charge in [-0.05, 0) is 42.4 Å². The van der Waals surface area contributed by atoms with Gasteiger partial charge in [0.1, 0.15) is 0 Å². The fourth-order valence-corrected chi connectivity index (χ4v) is 1.75. The lowest BCUT2D eigenvalue weighted by Gasteiger charge is -2.08. The quantitative estimate of drug-likeness (QED) is 0.658. The van der Waals surface area contributed by atoms with Crippen LogP contribution in [0.2, 0.25) is 0 Å². The minimum Gasteiger partial charge on any atom is -0.0625 e. The Morgan fingerprint density at radius 1 is 1.23 bits per heavy atom. The highest BCUT2D eigenvalue weighted by Crippen LogP contribution is 2.14. The van der Waals surface area contributed by atoms with Crippen molar-refractivity contribution < 1.29 is 0 Å². The van der Waals surface area contributed by atoms with Gasteiger partial charge in [-0.15, -0.1) is 0 Å². The molecule has 0 heteroatoms. The molecule has 0 fully saturated rings. The van der Waals surface area contributed by atoms with Gasteiger partial charge < -0.3 is 0 Å². The minimum absolute atomic E-state index is 0.756. The molecule has 1 aromatic carbocycles. The Kier molecular flexibility index (Phi) is 3.53. The van der Waals surface area contributed by atoms with Gasteiger partial charge in [-0.25, -0.2) is 0 Å². The lowest BCUT2D eigenvalue weighted by Crippen LogP contribution is -1.96. The molecule has 0 aliphatic heterocycles. The molecule has 1 aromatic rings. The van der Waals surface area contributed by atoms with E-state index in [1.807, 2.05) is 0 Å². The summed E-state index contributed by atoms with van der Waals surface area (Å²) in [6, 6.07) is 6.87. The summed E-state index contributed by atoms with van der Waals surface area (Å²) < 4.78 is 0. The zero-order valence-electron chi connectivity index (χ0n) is 9.22. The fourth-order valence-electron chi connectivity index (χ4n) is 1.75. The standard InChI is InChI=1S/C13H20/c1-5-13-7-6-12(8-10(2)3)9-11(13)4/h6-7,9-10H,5,8H2,1-4H3. The molecule has 13 heavy (non-hydrogen) atoms. The van der Waals surface area contributed by atoms with Crippen LogP contribution < -0.4 is 0 Å². The largest absolute Gasteiger partial charge is 0.0625 e. The van der Waals surface area contributed by atoms with E-state index in [9.17, 15) is 0 Å². The maximum absolute atomic E-state index is 2.33. The highest BCUT2D eigenvalue weighted by Gasteiger charge is 2.00. The third-order valence-electron chi connectivity index (χ3n) is 2.43. The second kappa shape index (κ2) is 4.45. The summed E-state index contributed by atoms with van der Waals surface area (Å²) >= 11 is 0. The summed E-state index contributed by atoms with van der Waals surface area (Å²) in [6.07, 6.45) is 2.35. The van der Waals surface area contributed by atoms with Crippen molar-refractivity contribution >= 4 is 0 Å². The van der Waals surface area contributed by atoms with Crippen molar-refractivity contribution in [1.29, 1.82) is 0 Å². The first-order valence-electron chi connectivity index (χ1n) is 5.22. The van der Waals surface area contributed by atoms with Gasteiger partial charge in [0.25, 0.3) is 0 Å². The van der Waals surface area contributed by atoms with E-state index < -0.39 is 0 Å². The molecule has 0 radical (unpaired) electrons. The SMILES string of the molecule is CCc1ccc(CC(C)C)cc1C. The number of rotatable bonds is 3. The Morgan fingerprint density at radius 2 is 1.92 bits per heavy atom. The van der Waals surface area contributed by atoms with Gasteiger partial charge in [0.15, 0.2) is 0 Å². The van der Waals surface area contributed by atoms with E-state index >= 15 is 0 Å². The van der Waals surface area contributed by atoms with Crippen LogP contribution >= 0.6 is 0 Å². The molecule has 0 aliphatic rings. The first-order chi connectivity index (χ1) is 6.13. The molecule has 0 saturated heterocycles. The lowest BCUT2D eigenvalue weighted by atomic mass is 9.98. The van der Waals surface area contributed by atoms with Crippen molar-refractivity contribution in [2.45, 2.75) is 40.5 Å². The second-order valence-corrected chi connectivity index (χ2v) is 4.21. The first kappa shape index (κ1) is 10.3. The van der Waals surface area contributed by atoms with Crippen LogP contribution in [0.1, 0.15) is 37.5 Å². The van der Waals surface area contributed by atoms with Gasteiger partial charge in [0, 0.05) is 0 Å². The maximum atomic E-state index is 2.33. The Balaban J connectivity index is 2.83. The van der Waals surface area contributed by atoms with E-state index in [0.717, 1.165) is 12.3 Å². The molecule has 0 N–H and O–H groups in total. The fraction of sp³-hybridized carbons (Fsp3) is 0.538. The third kappa shape index (κ3) is 2.87. The Morgan fingerprint density at radius 3 is 2.38 bits per heavy atom. The average Bonchev–Trinajstić information content (AvgIpc) is 2.03. The molecule has 1 rings (SSSR count). The van der Waals surface area contributed by atoms with Gasteiger partial charge in [-0.2, -0.15) is 0 Å². The first-order valence-corrected chi connectivity index (χ1v) is 5.22. The summed E-state index contributed by atoms with van der Waals surface area (Å²) in [6.45, 7) is 8.96. The van der Waals surface area contributed by atoms with E-state index in [0.29, 0.717) is 0 Å². The topological polar surface area (TPSA) is 0 Å². The Labute approximate surface area is 82.0 Å². The van der Waals surface area contributed by atoms with Gasteiger partial charge in [0.05, 0.1) is 0 Å². The molecule has 0 heterocycles. The summed E-state index contributed by atoms with van der Waals surface area (Å²) in [5.74, 6) is 0.756. The average molecular weight is 176 g/mol. The smallest absolute Gasteiger partial charge is 0.0256 e. The van der Waals surface area contributed by atoms with Crippen LogP contribution in [0, 0.1) is 12.8 Å². The number of hydrogen-bond acceptors (Lipinski definition) is 0. The number of aryl methyl sites for hydroxylation is 2. The van der Waals surface area contributed by atoms with E-state index in [2.05, 4.69) is 45.9 Å². The highest BCUT2D eigenvalue weighted by atomic mass is 14.1. The van der Waals surface area contributed by atoms with E-state index in [1.165, 1.54) is 23.1 Å². The second-order valence-electron chi connectivity index (χ2n) is 4.21. The van der Waals surface area contributed by atoms with Crippen molar-refractivity contribution in [3.63, 3.8) is 0 Å². The summed E-state index contributed by atoms with van der Waals surface area (Å²) in [7, 11) is 0. The summed E-state index contributed by atoms with van der Waals surface area (Å²) in [5.41, 5.74) is 4.40. The normalized spacial score (nSPS) is 10.8. The molecule has 0 nitrogen and oxygen atoms in total. The molecule has 0 amide bonds. The number of benzene rings is 1. The van der Waals surface area contributed by atoms with Crippen molar-refractivity contribution in [1.82, 2.24) is 0 Å². The van der Waals surface area contributed by atoms with Crippen LogP contribution in [0.15, 0.2) is 18.2 Å². The summed E-state index contributed by atoms with van der Waals surface area (Å²) in [4.78, 5) is 0. The molecule has 0 bridgehead atoms. The maximum Gasteiger partial charge on any atom is -0.0256 e.